The molecule has 0 aliphatic rings. The molecule has 0 spiro atoms. The molecule has 0 saturated heterocycles. The fourth-order valence-corrected chi connectivity index (χ4v) is 4.57. The van der Waals surface area contributed by atoms with E-state index in [2.05, 4.69) is 4.72 Å². The van der Waals surface area contributed by atoms with Crippen LogP contribution in [0.3, 0.4) is 0 Å². The maximum Gasteiger partial charge on any atom is 0.303 e. The highest BCUT2D eigenvalue weighted by molar-refractivity contribution is 7.92. The second kappa shape index (κ2) is 9.86. The summed E-state index contributed by atoms with van der Waals surface area (Å²) < 4.78 is 29.9. The molecule has 2 N–H and O–H groups in total. The molecular weight excluding hydrogens is 430 g/mol. The summed E-state index contributed by atoms with van der Waals surface area (Å²) in [5.74, 6) is -0.867. The van der Waals surface area contributed by atoms with Gasteiger partial charge in [0.25, 0.3) is 10.0 Å². The second-order valence-electron chi connectivity index (χ2n) is 7.43. The van der Waals surface area contributed by atoms with Crippen molar-refractivity contribution in [3.63, 3.8) is 0 Å². The highest BCUT2D eigenvalue weighted by Gasteiger charge is 2.16. The molecule has 3 rings (SSSR count). The summed E-state index contributed by atoms with van der Waals surface area (Å²) in [5.41, 5.74) is 2.02. The predicted molar refractivity (Wildman–Crippen MR) is 123 cm³/mol. The number of carboxylic acids is 1. The molecule has 8 nitrogen and oxygen atoms in total. The number of aryl methyl sites for hydroxylation is 1. The van der Waals surface area contributed by atoms with Gasteiger partial charge in [-0.25, -0.2) is 8.42 Å². The van der Waals surface area contributed by atoms with Crippen molar-refractivity contribution in [3.8, 4) is 0 Å². The first-order valence-corrected chi connectivity index (χ1v) is 11.9. The average Bonchev–Trinajstić information content (AvgIpc) is 3.15. The van der Waals surface area contributed by atoms with Gasteiger partial charge in [0.15, 0.2) is 0 Å². The number of sulfonamides is 1. The summed E-state index contributed by atoms with van der Waals surface area (Å²) in [7, 11) is -3.79. The van der Waals surface area contributed by atoms with E-state index in [0.29, 0.717) is 25.2 Å². The van der Waals surface area contributed by atoms with Gasteiger partial charge in [0, 0.05) is 42.3 Å². The van der Waals surface area contributed by atoms with E-state index in [1.54, 1.807) is 35.2 Å². The van der Waals surface area contributed by atoms with E-state index in [-0.39, 0.29) is 23.8 Å². The van der Waals surface area contributed by atoms with Crippen molar-refractivity contribution in [1.29, 1.82) is 0 Å². The Bertz CT molecular complexity index is 1210. The van der Waals surface area contributed by atoms with E-state index < -0.39 is 16.0 Å². The minimum atomic E-state index is -3.79. The van der Waals surface area contributed by atoms with E-state index >= 15 is 0 Å². The third kappa shape index (κ3) is 5.47. The van der Waals surface area contributed by atoms with Crippen molar-refractivity contribution in [3.05, 3.63) is 60.3 Å². The number of nitrogens with zero attached hydrogens (tertiary/aromatic N) is 2. The van der Waals surface area contributed by atoms with E-state index in [1.807, 2.05) is 30.7 Å². The monoisotopic (exact) mass is 457 g/mol. The molecule has 0 bridgehead atoms. The van der Waals surface area contributed by atoms with Crippen LogP contribution < -0.4 is 4.72 Å². The third-order valence-corrected chi connectivity index (χ3v) is 6.70. The fraction of sp³-hybridized carbons (Fsp3) is 0.304. The van der Waals surface area contributed by atoms with Crippen molar-refractivity contribution in [1.82, 2.24) is 9.47 Å². The van der Waals surface area contributed by atoms with Gasteiger partial charge in [-0.1, -0.05) is 12.1 Å². The number of carbonyl (C=O) groups is 2. The number of fused-ring (bicyclic) bond motifs is 1. The van der Waals surface area contributed by atoms with Gasteiger partial charge in [-0.15, -0.1) is 0 Å². The zero-order valence-corrected chi connectivity index (χ0v) is 18.9. The summed E-state index contributed by atoms with van der Waals surface area (Å²) in [5, 5.41) is 9.58. The number of aromatic nitrogens is 1. The Balaban J connectivity index is 1.74. The topological polar surface area (TPSA) is 109 Å². The molecule has 32 heavy (non-hydrogen) atoms. The number of hydrogen-bond acceptors (Lipinski definition) is 4. The Morgan fingerprint density at radius 2 is 1.72 bits per heavy atom. The van der Waals surface area contributed by atoms with Crippen LogP contribution in [0.5, 0.6) is 0 Å². The van der Waals surface area contributed by atoms with Gasteiger partial charge in [-0.05, 0) is 62.2 Å². The number of carboxylic acid groups (broad SMARTS) is 1. The Labute approximate surface area is 187 Å². The molecule has 9 heteroatoms. The van der Waals surface area contributed by atoms with Crippen molar-refractivity contribution in [2.75, 3.05) is 17.8 Å². The number of carbonyl (C=O) groups excluding carboxylic acids is 1. The third-order valence-electron chi connectivity index (χ3n) is 5.31. The number of hydrogen-bond donors (Lipinski definition) is 2. The van der Waals surface area contributed by atoms with E-state index in [9.17, 15) is 18.0 Å². The zero-order valence-electron chi connectivity index (χ0n) is 18.1. The number of amides is 1. The quantitative estimate of drug-likeness (QED) is 0.485. The van der Waals surface area contributed by atoms with Crippen LogP contribution in [0.15, 0.2) is 59.6 Å². The van der Waals surface area contributed by atoms with Crippen molar-refractivity contribution in [2.24, 2.45) is 0 Å². The number of likely N-dealkylation sites (N-methyl/N-ethyl adjacent to an activating group) is 1. The number of aliphatic carboxylic acids is 1. The van der Waals surface area contributed by atoms with Crippen LogP contribution in [0.25, 0.3) is 10.9 Å². The lowest BCUT2D eigenvalue weighted by Crippen LogP contribution is -2.33. The molecule has 3 aromatic rings. The lowest BCUT2D eigenvalue weighted by molar-refractivity contribution is -0.137. The summed E-state index contributed by atoms with van der Waals surface area (Å²) in [6, 6.07) is 13.2. The molecule has 170 valence electrons. The van der Waals surface area contributed by atoms with Gasteiger partial charge in [0.05, 0.1) is 4.90 Å². The smallest absolute Gasteiger partial charge is 0.303 e. The first-order valence-electron chi connectivity index (χ1n) is 10.4. The second-order valence-corrected chi connectivity index (χ2v) is 9.11. The highest BCUT2D eigenvalue weighted by atomic mass is 32.2. The first-order chi connectivity index (χ1) is 15.2. The highest BCUT2D eigenvalue weighted by Crippen LogP contribution is 2.23. The van der Waals surface area contributed by atoms with E-state index in [4.69, 9.17) is 5.11 Å². The average molecular weight is 458 g/mol. The van der Waals surface area contributed by atoms with Crippen LogP contribution in [-0.2, 0) is 32.6 Å². The molecule has 2 aromatic carbocycles. The summed E-state index contributed by atoms with van der Waals surface area (Å²) >= 11 is 0. The maximum atomic E-state index is 12.7. The maximum absolute atomic E-state index is 12.7. The molecule has 0 fully saturated rings. The first kappa shape index (κ1) is 23.3. The van der Waals surface area contributed by atoms with E-state index in [0.717, 1.165) is 16.5 Å². The van der Waals surface area contributed by atoms with E-state index in [1.165, 1.54) is 12.1 Å². The molecule has 1 amide bonds. The van der Waals surface area contributed by atoms with Crippen molar-refractivity contribution < 1.29 is 23.1 Å². The molecule has 0 atom stereocenters. The Kier molecular flexibility index (Phi) is 7.19. The number of benzene rings is 2. The van der Waals surface area contributed by atoms with Gasteiger partial charge in [0.1, 0.15) is 6.54 Å². The van der Waals surface area contributed by atoms with Gasteiger partial charge in [-0.3, -0.25) is 14.3 Å². The Morgan fingerprint density at radius 3 is 2.34 bits per heavy atom. The number of anilines is 1. The SMILES string of the molecule is CCN(CC)C(=O)Cn1ccc2cc(NS(=O)(=O)c3ccc(CCC(=O)O)cc3)ccc21. The number of rotatable bonds is 10. The summed E-state index contributed by atoms with van der Waals surface area (Å²) in [6.07, 6.45) is 2.15. The van der Waals surface area contributed by atoms with Crippen molar-refractivity contribution in [2.45, 2.75) is 38.1 Å². The van der Waals surface area contributed by atoms with Gasteiger partial charge >= 0.3 is 5.97 Å². The van der Waals surface area contributed by atoms with Gasteiger partial charge in [-0.2, -0.15) is 0 Å². The zero-order chi connectivity index (χ0) is 23.3. The van der Waals surface area contributed by atoms with Crippen LogP contribution in [0.1, 0.15) is 25.8 Å². The normalized spacial score (nSPS) is 11.4. The molecule has 0 aliphatic carbocycles. The van der Waals surface area contributed by atoms with Gasteiger partial charge < -0.3 is 14.6 Å². The standard InChI is InChI=1S/C23H27N3O5S/c1-3-25(4-2)22(27)16-26-14-13-18-15-19(8-11-21(18)26)24-32(30,31)20-9-5-17(6-10-20)7-12-23(28)29/h5-6,8-11,13-15,24H,3-4,7,12,16H2,1-2H3,(H,28,29). The molecule has 1 aromatic heterocycles. The molecular formula is C23H27N3O5S. The van der Waals surface area contributed by atoms with Crippen molar-refractivity contribution >= 4 is 38.5 Å². The van der Waals surface area contributed by atoms with Crippen LogP contribution >= 0.6 is 0 Å². The van der Waals surface area contributed by atoms with Crippen LogP contribution in [0.4, 0.5) is 5.69 Å². The van der Waals surface area contributed by atoms with Gasteiger partial charge in [0.2, 0.25) is 5.91 Å². The lowest BCUT2D eigenvalue weighted by Gasteiger charge is -2.19. The minimum absolute atomic E-state index is 0.00940. The summed E-state index contributed by atoms with van der Waals surface area (Å²) in [6.45, 7) is 5.42. The Morgan fingerprint density at radius 1 is 1.03 bits per heavy atom. The lowest BCUT2D eigenvalue weighted by atomic mass is 10.1. The molecule has 0 aliphatic heterocycles. The molecule has 0 unspecified atom stereocenters. The largest absolute Gasteiger partial charge is 0.481 e. The minimum Gasteiger partial charge on any atom is -0.481 e. The van der Waals surface area contributed by atoms with Crippen LogP contribution in [0.2, 0.25) is 0 Å². The summed E-state index contributed by atoms with van der Waals surface area (Å²) in [4.78, 5) is 25.0. The Hall–Kier alpha value is -3.33. The number of nitrogens with one attached hydrogen (secondary N) is 1. The fourth-order valence-electron chi connectivity index (χ4n) is 3.52. The molecule has 0 radical (unpaired) electrons. The van der Waals surface area contributed by atoms with Crippen LogP contribution in [0, 0.1) is 0 Å². The van der Waals surface area contributed by atoms with Crippen LogP contribution in [-0.4, -0.2) is 48.0 Å². The molecule has 1 heterocycles. The molecule has 0 saturated carbocycles. The predicted octanol–water partition coefficient (Wildman–Crippen LogP) is 3.33.